The molecule has 1 atom stereocenters. The van der Waals surface area contributed by atoms with Crippen molar-refractivity contribution in [1.29, 1.82) is 0 Å². The number of halogens is 1. The molecule has 1 N–H and O–H groups in total. The maximum atomic E-state index is 12.5. The van der Waals surface area contributed by atoms with E-state index in [0.29, 0.717) is 11.4 Å². The molecule has 0 radical (unpaired) electrons. The number of nitrogens with zero attached hydrogens (tertiary/aromatic N) is 1. The Bertz CT molecular complexity index is 540. The van der Waals surface area contributed by atoms with Gasteiger partial charge in [-0.3, -0.25) is 4.79 Å². The Kier molecular flexibility index (Phi) is 4.04. The Morgan fingerprint density at radius 2 is 2.00 bits per heavy atom. The van der Waals surface area contributed by atoms with Gasteiger partial charge in [-0.1, -0.05) is 29.8 Å². The van der Waals surface area contributed by atoms with Crippen molar-refractivity contribution < 1.29 is 14.7 Å². The molecule has 2 rings (SSSR count). The van der Waals surface area contributed by atoms with Gasteiger partial charge in [-0.05, 0) is 37.8 Å². The highest BCUT2D eigenvalue weighted by Gasteiger charge is 2.52. The number of amides is 1. The van der Waals surface area contributed by atoms with E-state index in [1.807, 2.05) is 18.2 Å². The number of carboxylic acids is 1. The molecule has 1 unspecified atom stereocenters. The number of hydrogen-bond donors (Lipinski definition) is 1. The summed E-state index contributed by atoms with van der Waals surface area (Å²) in [6, 6.07) is 6.65. The summed E-state index contributed by atoms with van der Waals surface area (Å²) in [6.45, 7) is 1.52. The van der Waals surface area contributed by atoms with Crippen LogP contribution in [0.15, 0.2) is 24.3 Å². The number of benzene rings is 1. The zero-order valence-corrected chi connectivity index (χ0v) is 12.4. The Morgan fingerprint density at radius 3 is 2.50 bits per heavy atom. The number of hydrogen-bond acceptors (Lipinski definition) is 2. The van der Waals surface area contributed by atoms with E-state index >= 15 is 0 Å². The van der Waals surface area contributed by atoms with E-state index in [9.17, 15) is 9.59 Å². The summed E-state index contributed by atoms with van der Waals surface area (Å²) >= 11 is 6.14. The number of aliphatic carboxylic acids is 1. The second-order valence-electron chi connectivity index (χ2n) is 5.48. The van der Waals surface area contributed by atoms with Crippen LogP contribution >= 0.6 is 11.6 Å². The normalized spacial score (nSPS) is 17.4. The lowest BCUT2D eigenvalue weighted by atomic mass is 9.94. The molecule has 108 valence electrons. The summed E-state index contributed by atoms with van der Waals surface area (Å²) in [5.74, 6) is -1.10. The summed E-state index contributed by atoms with van der Waals surface area (Å²) < 4.78 is 0. The molecule has 0 aliphatic heterocycles. The fourth-order valence-corrected chi connectivity index (χ4v) is 2.54. The van der Waals surface area contributed by atoms with Gasteiger partial charge in [0.15, 0.2) is 0 Å². The molecule has 0 heterocycles. The van der Waals surface area contributed by atoms with E-state index in [2.05, 4.69) is 0 Å². The van der Waals surface area contributed by atoms with Gasteiger partial charge < -0.3 is 10.0 Å². The highest BCUT2D eigenvalue weighted by atomic mass is 35.5. The Hall–Kier alpha value is -1.55. The third kappa shape index (κ3) is 2.80. The standard InChI is InChI=1S/C15H18ClNO3/c1-10(13(18)19)17(2)14(20)15(7-8-15)9-11-5-3-4-6-12(11)16/h3-6,10H,7-9H2,1-2H3,(H,18,19). The van der Waals surface area contributed by atoms with Crippen LogP contribution in [0.4, 0.5) is 0 Å². The predicted molar refractivity (Wildman–Crippen MR) is 76.7 cm³/mol. The van der Waals surface area contributed by atoms with E-state index in [-0.39, 0.29) is 5.91 Å². The van der Waals surface area contributed by atoms with Crippen molar-refractivity contribution in [2.24, 2.45) is 5.41 Å². The topological polar surface area (TPSA) is 57.6 Å². The van der Waals surface area contributed by atoms with Crippen LogP contribution in [0.1, 0.15) is 25.3 Å². The van der Waals surface area contributed by atoms with E-state index in [1.54, 1.807) is 13.1 Å². The molecule has 1 aliphatic rings. The summed E-state index contributed by atoms with van der Waals surface area (Å²) in [4.78, 5) is 24.8. The average Bonchev–Trinajstić information content (AvgIpc) is 3.19. The summed E-state index contributed by atoms with van der Waals surface area (Å²) in [7, 11) is 1.55. The lowest BCUT2D eigenvalue weighted by molar-refractivity contribution is -0.150. The van der Waals surface area contributed by atoms with Crippen molar-refractivity contribution in [2.45, 2.75) is 32.2 Å². The second-order valence-corrected chi connectivity index (χ2v) is 5.89. The van der Waals surface area contributed by atoms with Gasteiger partial charge in [-0.25, -0.2) is 4.79 Å². The molecule has 0 spiro atoms. The lowest BCUT2D eigenvalue weighted by Gasteiger charge is -2.27. The SMILES string of the molecule is CC(C(=O)O)N(C)C(=O)C1(Cc2ccccc2Cl)CC1. The van der Waals surface area contributed by atoms with E-state index < -0.39 is 17.4 Å². The van der Waals surface area contributed by atoms with Crippen molar-refractivity contribution >= 4 is 23.5 Å². The van der Waals surface area contributed by atoms with E-state index in [1.165, 1.54) is 11.8 Å². The maximum Gasteiger partial charge on any atom is 0.326 e. The number of rotatable bonds is 5. The quantitative estimate of drug-likeness (QED) is 0.908. The lowest BCUT2D eigenvalue weighted by Crippen LogP contribution is -2.44. The van der Waals surface area contributed by atoms with Gasteiger partial charge in [-0.2, -0.15) is 0 Å². The zero-order chi connectivity index (χ0) is 14.9. The van der Waals surface area contributed by atoms with Crippen LogP contribution in [-0.4, -0.2) is 35.0 Å². The molecule has 4 nitrogen and oxygen atoms in total. The van der Waals surface area contributed by atoms with Crippen LogP contribution in [0.25, 0.3) is 0 Å². The number of carbonyl (C=O) groups is 2. The molecular weight excluding hydrogens is 278 g/mol. The molecule has 1 aromatic carbocycles. The van der Waals surface area contributed by atoms with Gasteiger partial charge in [0.2, 0.25) is 5.91 Å². The van der Waals surface area contributed by atoms with Gasteiger partial charge in [0.25, 0.3) is 0 Å². The molecule has 1 saturated carbocycles. The van der Waals surface area contributed by atoms with Gasteiger partial charge in [-0.15, -0.1) is 0 Å². The third-order valence-electron chi connectivity index (χ3n) is 4.05. The van der Waals surface area contributed by atoms with Crippen molar-refractivity contribution in [2.75, 3.05) is 7.05 Å². The first kappa shape index (κ1) is 14.9. The monoisotopic (exact) mass is 295 g/mol. The van der Waals surface area contributed by atoms with Crippen LogP contribution in [0.2, 0.25) is 5.02 Å². The fraction of sp³-hybridized carbons (Fsp3) is 0.467. The Labute approximate surface area is 123 Å². The first-order chi connectivity index (χ1) is 9.37. The number of likely N-dealkylation sites (N-methyl/N-ethyl adjacent to an activating group) is 1. The number of carboxylic acid groups (broad SMARTS) is 1. The largest absolute Gasteiger partial charge is 0.480 e. The van der Waals surface area contributed by atoms with Crippen LogP contribution in [0.5, 0.6) is 0 Å². The molecule has 1 amide bonds. The average molecular weight is 296 g/mol. The van der Waals surface area contributed by atoms with Crippen LogP contribution in [0.3, 0.4) is 0 Å². The summed E-state index contributed by atoms with van der Waals surface area (Å²) in [6.07, 6.45) is 2.14. The van der Waals surface area contributed by atoms with E-state index in [4.69, 9.17) is 16.7 Å². The number of carbonyl (C=O) groups excluding carboxylic acids is 1. The van der Waals surface area contributed by atoms with Crippen LogP contribution < -0.4 is 0 Å². The highest BCUT2D eigenvalue weighted by molar-refractivity contribution is 6.31. The van der Waals surface area contributed by atoms with Crippen molar-refractivity contribution in [3.8, 4) is 0 Å². The van der Waals surface area contributed by atoms with Gasteiger partial charge >= 0.3 is 5.97 Å². The zero-order valence-electron chi connectivity index (χ0n) is 11.6. The molecule has 0 bridgehead atoms. The van der Waals surface area contributed by atoms with Crippen molar-refractivity contribution in [1.82, 2.24) is 4.90 Å². The molecule has 0 saturated heterocycles. The van der Waals surface area contributed by atoms with Gasteiger partial charge in [0.05, 0.1) is 5.41 Å². The molecule has 5 heteroatoms. The second kappa shape index (κ2) is 5.44. The third-order valence-corrected chi connectivity index (χ3v) is 4.42. The molecule has 1 fully saturated rings. The van der Waals surface area contributed by atoms with Crippen molar-refractivity contribution in [3.05, 3.63) is 34.9 Å². The highest BCUT2D eigenvalue weighted by Crippen LogP contribution is 2.50. The molecular formula is C15H18ClNO3. The van der Waals surface area contributed by atoms with Crippen LogP contribution in [0, 0.1) is 5.41 Å². The summed E-state index contributed by atoms with van der Waals surface area (Å²) in [5.41, 5.74) is 0.472. The molecule has 0 aromatic heterocycles. The van der Waals surface area contributed by atoms with Gasteiger partial charge in [0, 0.05) is 12.1 Å². The molecule has 1 aromatic rings. The molecule has 1 aliphatic carbocycles. The van der Waals surface area contributed by atoms with E-state index in [0.717, 1.165) is 18.4 Å². The predicted octanol–water partition coefficient (Wildman–Crippen LogP) is 2.59. The minimum Gasteiger partial charge on any atom is -0.480 e. The van der Waals surface area contributed by atoms with Crippen LogP contribution in [-0.2, 0) is 16.0 Å². The Balaban J connectivity index is 2.14. The first-order valence-corrected chi connectivity index (χ1v) is 6.99. The Morgan fingerprint density at radius 1 is 1.40 bits per heavy atom. The smallest absolute Gasteiger partial charge is 0.326 e. The van der Waals surface area contributed by atoms with Gasteiger partial charge in [0.1, 0.15) is 6.04 Å². The fourth-order valence-electron chi connectivity index (χ4n) is 2.34. The van der Waals surface area contributed by atoms with Crippen molar-refractivity contribution in [3.63, 3.8) is 0 Å². The summed E-state index contributed by atoms with van der Waals surface area (Å²) in [5, 5.41) is 9.66. The molecule has 20 heavy (non-hydrogen) atoms. The maximum absolute atomic E-state index is 12.5. The minimum absolute atomic E-state index is 0.104. The minimum atomic E-state index is -0.991. The first-order valence-electron chi connectivity index (χ1n) is 6.61.